The largest absolute Gasteiger partial charge is 0.179 e. The molecule has 4 aromatic rings. The Labute approximate surface area is 346 Å². The minimum atomic E-state index is 0. The number of allylic oxidation sites excluding steroid dienone is 8. The monoisotopic (exact) mass is 1060 g/mol. The number of halogens is 2. The molecule has 8 rings (SSSR count). The molecule has 0 heterocycles. The second-order valence-corrected chi connectivity index (χ2v) is 38.3. The van der Waals surface area contributed by atoms with Gasteiger partial charge in [0.15, 0.2) is 0 Å². The Morgan fingerprint density at radius 3 is 1.14 bits per heavy atom. The summed E-state index contributed by atoms with van der Waals surface area (Å²) >= 11 is 2.90. The van der Waals surface area contributed by atoms with Crippen LogP contribution in [0.4, 0.5) is 0 Å². The minimum Gasteiger partial charge on any atom is -0.179 e. The van der Waals surface area contributed by atoms with Crippen LogP contribution in [0.1, 0.15) is 49.9 Å². The van der Waals surface area contributed by atoms with Crippen molar-refractivity contribution in [3.63, 3.8) is 0 Å². The molecule has 0 radical (unpaired) electrons. The van der Waals surface area contributed by atoms with E-state index in [9.17, 15) is 0 Å². The summed E-state index contributed by atoms with van der Waals surface area (Å²) in [5.74, 6) is 1.11. The zero-order chi connectivity index (χ0) is 35.1. The summed E-state index contributed by atoms with van der Waals surface area (Å²) in [6.45, 7) is 17.7. The summed E-state index contributed by atoms with van der Waals surface area (Å²) in [7, 11) is 0. The Kier molecular flexibility index (Phi) is 23.1. The smallest absolute Gasteiger partial charge is 0.0253 e. The molecule has 0 spiro atoms. The molecule has 4 aliphatic carbocycles. The number of hydrogen-bond donors (Lipinski definition) is 0. The molecule has 0 amide bonds. The first-order chi connectivity index (χ1) is 22.9. The molecule has 0 aromatic heterocycles. The van der Waals surface area contributed by atoms with E-state index in [2.05, 4.69) is 175 Å². The third kappa shape index (κ3) is 16.5. The fourth-order valence-corrected chi connectivity index (χ4v) is 5.48. The van der Waals surface area contributed by atoms with E-state index in [0.717, 1.165) is 12.8 Å². The maximum atomic E-state index is 3.30. The van der Waals surface area contributed by atoms with E-state index in [1.807, 2.05) is 12.1 Å². The third-order valence-corrected chi connectivity index (χ3v) is 7.41. The van der Waals surface area contributed by atoms with Gasteiger partial charge in [-0.15, -0.1) is 35.9 Å². The van der Waals surface area contributed by atoms with Gasteiger partial charge < -0.3 is 0 Å². The zero-order valence-electron chi connectivity index (χ0n) is 30.8. The molecule has 0 nitrogen and oxygen atoms in total. The van der Waals surface area contributed by atoms with Crippen LogP contribution >= 0.6 is 24.8 Å². The van der Waals surface area contributed by atoms with Gasteiger partial charge in [-0.05, 0) is 12.8 Å². The standard InChI is InChI=1S/2C13H9.2C7H9.2C2H6Si.2ClH.2Hf/c2*1-3-7-12-10(5-1)9-11-6-2-4-8-13(11)12;2*1-6-3-4-7(2)5-6;2*1-3-2;;;;/h2*1-5,7-8H,9H2;2*3-4,6H,1-2H3;2*1-2H3;2*1H;;/q4*-1;;;;;2*+2. The van der Waals surface area contributed by atoms with Crippen LogP contribution in [0.5, 0.6) is 0 Å². The summed E-state index contributed by atoms with van der Waals surface area (Å²) in [5.41, 5.74) is 14.1. The molecule has 4 aromatic carbocycles. The summed E-state index contributed by atoms with van der Waals surface area (Å²) in [6, 6.07) is 36.2. The zero-order valence-corrected chi connectivity index (χ0v) is 41.6. The predicted octanol–water partition coefficient (Wildman–Crippen LogP) is 12.4. The van der Waals surface area contributed by atoms with Crippen LogP contribution in [0.2, 0.25) is 26.2 Å². The second-order valence-electron chi connectivity index (χ2n) is 12.7. The summed E-state index contributed by atoms with van der Waals surface area (Å²) in [4.78, 5) is 0. The number of rotatable bonds is 0. The first-order valence-electron chi connectivity index (χ1n) is 16.7. The van der Waals surface area contributed by atoms with Crippen molar-refractivity contribution in [3.05, 3.63) is 167 Å². The Bertz CT molecular complexity index is 1590. The quantitative estimate of drug-likeness (QED) is 0.105. The van der Waals surface area contributed by atoms with Crippen molar-refractivity contribution in [2.45, 2.75) is 66.7 Å². The van der Waals surface area contributed by atoms with E-state index < -0.39 is 0 Å². The van der Waals surface area contributed by atoms with E-state index in [4.69, 9.17) is 0 Å². The molecule has 50 heavy (non-hydrogen) atoms. The Hall–Kier alpha value is -1.41. The topological polar surface area (TPSA) is 0 Å². The Balaban J connectivity index is 0.000000317. The van der Waals surface area contributed by atoms with Crippen LogP contribution < -0.4 is 0 Å². The average Bonchev–Trinajstić information content (AvgIpc) is 3.82. The van der Waals surface area contributed by atoms with Gasteiger partial charge >= 0.3 is 83.2 Å². The molecule has 0 saturated heterocycles. The Morgan fingerprint density at radius 2 is 0.860 bits per heavy atom. The molecule has 0 saturated carbocycles. The molecule has 2 atom stereocenters. The summed E-state index contributed by atoms with van der Waals surface area (Å²) < 4.78 is 0. The van der Waals surface area contributed by atoms with Crippen molar-refractivity contribution in [2.75, 3.05) is 0 Å². The maximum Gasteiger partial charge on any atom is -0.0253 e. The van der Waals surface area contributed by atoms with Crippen molar-refractivity contribution in [3.8, 4) is 22.3 Å². The molecule has 6 heteroatoms. The molecule has 0 aliphatic heterocycles. The molecular formula is C44H50Cl2Hf2Si2. The van der Waals surface area contributed by atoms with E-state index in [1.165, 1.54) is 102 Å². The molecule has 0 bridgehead atoms. The van der Waals surface area contributed by atoms with E-state index in [1.54, 1.807) is 0 Å². The molecule has 0 fully saturated rings. The summed E-state index contributed by atoms with van der Waals surface area (Å²) in [5, 5.41) is 0. The van der Waals surface area contributed by atoms with Crippen molar-refractivity contribution in [1.82, 2.24) is 0 Å². The first-order valence-corrected chi connectivity index (χ1v) is 32.5. The first kappa shape index (κ1) is 46.6. The van der Waals surface area contributed by atoms with Crippen molar-refractivity contribution >= 4 is 35.8 Å². The molecule has 2 unspecified atom stereocenters. The fraction of sp³-hybridized carbons (Fsp3) is 0.273. The summed E-state index contributed by atoms with van der Waals surface area (Å²) in [6.07, 6.45) is 17.0. The molecular weight excluding hydrogens is 1010 g/mol. The van der Waals surface area contributed by atoms with Crippen LogP contribution in [0, 0.1) is 36.1 Å². The number of hydrogen-bond acceptors (Lipinski definition) is 0. The van der Waals surface area contributed by atoms with Gasteiger partial charge in [-0.1, -0.05) is 110 Å². The number of fused-ring (bicyclic) bond motifs is 6. The predicted molar refractivity (Wildman–Crippen MR) is 218 cm³/mol. The molecule has 256 valence electrons. The van der Waals surface area contributed by atoms with Crippen LogP contribution in [-0.2, 0) is 58.8 Å². The fourth-order valence-electron chi connectivity index (χ4n) is 5.48. The van der Waals surface area contributed by atoms with Crippen molar-refractivity contribution in [2.24, 2.45) is 11.8 Å². The average molecular weight is 1060 g/mol. The maximum absolute atomic E-state index is 3.30. The minimum absolute atomic E-state index is 0. The van der Waals surface area contributed by atoms with Gasteiger partial charge in [-0.3, -0.25) is 12.2 Å². The normalized spacial score (nSPS) is 15.4. The van der Waals surface area contributed by atoms with Crippen LogP contribution in [0.3, 0.4) is 0 Å². The van der Waals surface area contributed by atoms with Gasteiger partial charge in [0.05, 0.1) is 0 Å². The Morgan fingerprint density at radius 1 is 0.540 bits per heavy atom. The van der Waals surface area contributed by atoms with Gasteiger partial charge in [0, 0.05) is 0 Å². The van der Waals surface area contributed by atoms with E-state index in [-0.39, 0.29) is 35.8 Å². The van der Waals surface area contributed by atoms with Crippen LogP contribution in [0.25, 0.3) is 22.3 Å². The third-order valence-electron chi connectivity index (χ3n) is 7.41. The SMILES string of the molecule is CC1=[C-]C(C)C=C1.CC1=[C-]C(C)C=C1.C[Si](C)=[Hf+2].C[Si](C)=[Hf+2].Cl.Cl.[c-]1cccc2c1Cc1ccccc1-2.[c-]1cccc2c1Cc1ccccc1-2. The van der Waals surface area contributed by atoms with Gasteiger partial charge in [0.1, 0.15) is 0 Å². The van der Waals surface area contributed by atoms with Gasteiger partial charge in [-0.2, -0.15) is 71.8 Å². The van der Waals surface area contributed by atoms with Crippen LogP contribution in [-0.4, -0.2) is 11.0 Å². The van der Waals surface area contributed by atoms with Crippen LogP contribution in [0.15, 0.2) is 120 Å². The van der Waals surface area contributed by atoms with Gasteiger partial charge in [-0.25, -0.2) is 23.3 Å². The number of benzene rings is 4. The van der Waals surface area contributed by atoms with Crippen molar-refractivity contribution < 1.29 is 46.0 Å². The van der Waals surface area contributed by atoms with E-state index >= 15 is 0 Å². The van der Waals surface area contributed by atoms with E-state index in [0.29, 0.717) is 11.8 Å². The molecule has 0 N–H and O–H groups in total. The van der Waals surface area contributed by atoms with Gasteiger partial charge in [0.25, 0.3) is 0 Å². The molecule has 4 aliphatic rings. The van der Waals surface area contributed by atoms with Crippen molar-refractivity contribution in [1.29, 1.82) is 0 Å². The van der Waals surface area contributed by atoms with Gasteiger partial charge in [0.2, 0.25) is 0 Å². The second kappa shape index (κ2) is 24.8.